The molecule has 0 saturated carbocycles. The first-order valence-electron chi connectivity index (χ1n) is 6.79. The van der Waals surface area contributed by atoms with Crippen LogP contribution in [0.15, 0.2) is 40.2 Å². The molecule has 0 aliphatic carbocycles. The molecule has 1 atom stereocenters. The SMILES string of the molecule is CCNC(Cc1ccccc1Br)c1sccc1CC. The standard InChI is InChI=1S/C16H20BrNS/c1-3-12-9-10-19-16(12)15(18-4-2)11-13-7-5-6-8-14(13)17/h5-10,15,18H,3-4,11H2,1-2H3. The van der Waals surface area contributed by atoms with Gasteiger partial charge in [-0.2, -0.15) is 0 Å². The fourth-order valence-corrected chi connectivity index (χ4v) is 3.85. The maximum absolute atomic E-state index is 3.65. The maximum atomic E-state index is 3.65. The highest BCUT2D eigenvalue weighted by molar-refractivity contribution is 9.10. The highest BCUT2D eigenvalue weighted by Crippen LogP contribution is 2.29. The average molecular weight is 338 g/mol. The van der Waals surface area contributed by atoms with Gasteiger partial charge in [0.25, 0.3) is 0 Å². The van der Waals surface area contributed by atoms with E-state index in [1.807, 2.05) is 11.3 Å². The van der Waals surface area contributed by atoms with Crippen molar-refractivity contribution in [1.82, 2.24) is 5.32 Å². The summed E-state index contributed by atoms with van der Waals surface area (Å²) in [6, 6.07) is 11.2. The number of aryl methyl sites for hydroxylation is 1. The predicted octanol–water partition coefficient (Wildman–Crippen LogP) is 4.97. The minimum atomic E-state index is 0.415. The van der Waals surface area contributed by atoms with Crippen LogP contribution >= 0.6 is 27.3 Å². The zero-order chi connectivity index (χ0) is 13.7. The molecule has 0 bridgehead atoms. The van der Waals surface area contributed by atoms with Crippen molar-refractivity contribution >= 4 is 27.3 Å². The van der Waals surface area contributed by atoms with Crippen LogP contribution in [0.1, 0.15) is 35.9 Å². The van der Waals surface area contributed by atoms with E-state index in [0.29, 0.717) is 6.04 Å². The van der Waals surface area contributed by atoms with Gasteiger partial charge in [0.05, 0.1) is 0 Å². The zero-order valence-corrected chi connectivity index (χ0v) is 13.9. The lowest BCUT2D eigenvalue weighted by atomic mass is 10.0. The van der Waals surface area contributed by atoms with E-state index < -0.39 is 0 Å². The Morgan fingerprint density at radius 1 is 1.16 bits per heavy atom. The summed E-state index contributed by atoms with van der Waals surface area (Å²) in [5.74, 6) is 0. The summed E-state index contributed by atoms with van der Waals surface area (Å²) in [7, 11) is 0. The number of nitrogens with one attached hydrogen (secondary N) is 1. The highest BCUT2D eigenvalue weighted by Gasteiger charge is 2.16. The Hall–Kier alpha value is -0.640. The van der Waals surface area contributed by atoms with Crippen LogP contribution < -0.4 is 5.32 Å². The van der Waals surface area contributed by atoms with E-state index in [4.69, 9.17) is 0 Å². The van der Waals surface area contributed by atoms with Crippen LogP contribution in [0.5, 0.6) is 0 Å². The Kier molecular flexibility index (Phi) is 5.61. The van der Waals surface area contributed by atoms with Crippen LogP contribution in [0.4, 0.5) is 0 Å². The van der Waals surface area contributed by atoms with Gasteiger partial charge in [0.15, 0.2) is 0 Å². The van der Waals surface area contributed by atoms with Gasteiger partial charge in [-0.15, -0.1) is 11.3 Å². The van der Waals surface area contributed by atoms with E-state index in [2.05, 4.69) is 70.8 Å². The monoisotopic (exact) mass is 337 g/mol. The van der Waals surface area contributed by atoms with E-state index >= 15 is 0 Å². The fourth-order valence-electron chi connectivity index (χ4n) is 2.33. The van der Waals surface area contributed by atoms with Crippen LogP contribution in [0.3, 0.4) is 0 Å². The molecule has 1 aromatic carbocycles. The Morgan fingerprint density at radius 3 is 2.63 bits per heavy atom. The molecular formula is C16H20BrNS. The van der Waals surface area contributed by atoms with Gasteiger partial charge < -0.3 is 5.32 Å². The zero-order valence-electron chi connectivity index (χ0n) is 11.4. The van der Waals surface area contributed by atoms with Gasteiger partial charge in [0.1, 0.15) is 0 Å². The van der Waals surface area contributed by atoms with Crippen molar-refractivity contribution in [3.8, 4) is 0 Å². The summed E-state index contributed by atoms with van der Waals surface area (Å²) in [6.07, 6.45) is 2.14. The second-order valence-electron chi connectivity index (χ2n) is 4.57. The van der Waals surface area contributed by atoms with Crippen molar-refractivity contribution in [3.63, 3.8) is 0 Å². The lowest BCUT2D eigenvalue weighted by Gasteiger charge is -2.19. The molecule has 0 aliphatic rings. The number of hydrogen-bond acceptors (Lipinski definition) is 2. The molecule has 0 spiro atoms. The number of rotatable bonds is 6. The lowest BCUT2D eigenvalue weighted by Crippen LogP contribution is -2.23. The molecule has 1 nitrogen and oxygen atoms in total. The summed E-state index contributed by atoms with van der Waals surface area (Å²) < 4.78 is 1.20. The van der Waals surface area contributed by atoms with Crippen molar-refractivity contribution in [2.75, 3.05) is 6.54 Å². The number of hydrogen-bond donors (Lipinski definition) is 1. The van der Waals surface area contributed by atoms with E-state index in [9.17, 15) is 0 Å². The first kappa shape index (κ1) is 14.8. The van der Waals surface area contributed by atoms with Crippen molar-refractivity contribution in [3.05, 3.63) is 56.2 Å². The number of likely N-dealkylation sites (N-methyl/N-ethyl adjacent to an activating group) is 1. The minimum Gasteiger partial charge on any atom is -0.309 e. The van der Waals surface area contributed by atoms with Crippen molar-refractivity contribution in [2.45, 2.75) is 32.7 Å². The third-order valence-corrected chi connectivity index (χ3v) is 5.16. The molecule has 0 aliphatic heterocycles. The third kappa shape index (κ3) is 3.68. The summed E-state index contributed by atoms with van der Waals surface area (Å²) in [5, 5.41) is 5.83. The van der Waals surface area contributed by atoms with Gasteiger partial charge in [0.2, 0.25) is 0 Å². The normalized spacial score (nSPS) is 12.6. The topological polar surface area (TPSA) is 12.0 Å². The van der Waals surface area contributed by atoms with Gasteiger partial charge in [-0.05, 0) is 48.0 Å². The molecule has 0 saturated heterocycles. The minimum absolute atomic E-state index is 0.415. The second kappa shape index (κ2) is 7.22. The first-order chi connectivity index (χ1) is 9.26. The summed E-state index contributed by atoms with van der Waals surface area (Å²) in [6.45, 7) is 5.40. The van der Waals surface area contributed by atoms with E-state index in [0.717, 1.165) is 19.4 Å². The van der Waals surface area contributed by atoms with Crippen LogP contribution in [-0.4, -0.2) is 6.54 Å². The molecule has 1 heterocycles. The molecule has 1 aromatic heterocycles. The Balaban J connectivity index is 2.24. The average Bonchev–Trinajstić information content (AvgIpc) is 2.89. The molecule has 1 unspecified atom stereocenters. The molecule has 1 N–H and O–H groups in total. The molecule has 19 heavy (non-hydrogen) atoms. The molecule has 0 fully saturated rings. The number of benzene rings is 1. The maximum Gasteiger partial charge on any atom is 0.0458 e. The molecular weight excluding hydrogens is 318 g/mol. The van der Waals surface area contributed by atoms with Crippen molar-refractivity contribution in [2.24, 2.45) is 0 Å². The smallest absolute Gasteiger partial charge is 0.0458 e. The van der Waals surface area contributed by atoms with Crippen molar-refractivity contribution in [1.29, 1.82) is 0 Å². The lowest BCUT2D eigenvalue weighted by molar-refractivity contribution is 0.554. The van der Waals surface area contributed by atoms with E-state index in [1.54, 1.807) is 0 Å². The van der Waals surface area contributed by atoms with Gasteiger partial charge >= 0.3 is 0 Å². The summed E-state index contributed by atoms with van der Waals surface area (Å²) in [4.78, 5) is 1.49. The fraction of sp³-hybridized carbons (Fsp3) is 0.375. The van der Waals surface area contributed by atoms with Crippen LogP contribution in [-0.2, 0) is 12.8 Å². The predicted molar refractivity (Wildman–Crippen MR) is 88.0 cm³/mol. The summed E-state index contributed by atoms with van der Waals surface area (Å²) >= 11 is 5.52. The molecule has 2 rings (SSSR count). The Morgan fingerprint density at radius 2 is 1.95 bits per heavy atom. The number of thiophene rings is 1. The van der Waals surface area contributed by atoms with Gasteiger partial charge in [0, 0.05) is 15.4 Å². The Bertz CT molecular complexity index is 521. The molecule has 102 valence electrons. The molecule has 0 radical (unpaired) electrons. The Labute approximate surface area is 128 Å². The molecule has 2 aromatic rings. The second-order valence-corrected chi connectivity index (χ2v) is 6.37. The number of halogens is 1. The van der Waals surface area contributed by atoms with E-state index in [-0.39, 0.29) is 0 Å². The van der Waals surface area contributed by atoms with Gasteiger partial charge in [-0.25, -0.2) is 0 Å². The third-order valence-electron chi connectivity index (χ3n) is 3.31. The van der Waals surface area contributed by atoms with Gasteiger partial charge in [-0.3, -0.25) is 0 Å². The van der Waals surface area contributed by atoms with Crippen molar-refractivity contribution < 1.29 is 0 Å². The highest BCUT2D eigenvalue weighted by atomic mass is 79.9. The van der Waals surface area contributed by atoms with E-state index in [1.165, 1.54) is 20.5 Å². The van der Waals surface area contributed by atoms with Gasteiger partial charge in [-0.1, -0.05) is 48.0 Å². The van der Waals surface area contributed by atoms with Crippen LogP contribution in [0.2, 0.25) is 0 Å². The first-order valence-corrected chi connectivity index (χ1v) is 8.46. The summed E-state index contributed by atoms with van der Waals surface area (Å²) in [5.41, 5.74) is 2.84. The molecule has 3 heteroatoms. The molecule has 0 amide bonds. The van der Waals surface area contributed by atoms with Crippen LogP contribution in [0.25, 0.3) is 0 Å². The largest absolute Gasteiger partial charge is 0.309 e. The van der Waals surface area contributed by atoms with Crippen LogP contribution in [0, 0.1) is 0 Å². The quantitative estimate of drug-likeness (QED) is 0.784.